The van der Waals surface area contributed by atoms with Gasteiger partial charge in [-0.3, -0.25) is 14.9 Å². The van der Waals surface area contributed by atoms with Crippen LogP contribution in [0, 0.1) is 11.5 Å². The molecule has 0 radical (unpaired) electrons. The fourth-order valence-electron chi connectivity index (χ4n) is 3.31. The first kappa shape index (κ1) is 20.1. The van der Waals surface area contributed by atoms with Crippen molar-refractivity contribution < 1.29 is 4.79 Å². The van der Waals surface area contributed by atoms with Gasteiger partial charge >= 0.3 is 0 Å². The van der Waals surface area contributed by atoms with E-state index in [0.717, 1.165) is 22.3 Å². The average Bonchev–Trinajstić information content (AvgIpc) is 3.26. The second kappa shape index (κ2) is 8.30. The van der Waals surface area contributed by atoms with Gasteiger partial charge in [-0.05, 0) is 35.4 Å². The number of pyridine rings is 1. The number of hydrogen-bond acceptors (Lipinski definition) is 4. The van der Waals surface area contributed by atoms with E-state index in [4.69, 9.17) is 16.9 Å². The van der Waals surface area contributed by atoms with Gasteiger partial charge in [0.25, 0.3) is 11.5 Å². The third-order valence-corrected chi connectivity index (χ3v) is 5.09. The molecule has 152 valence electrons. The predicted octanol–water partition coefficient (Wildman–Crippen LogP) is 3.77. The summed E-state index contributed by atoms with van der Waals surface area (Å²) in [6, 6.07) is 15.7. The lowest BCUT2D eigenvalue weighted by Gasteiger charge is -2.11. The lowest BCUT2D eigenvalue weighted by molar-refractivity contribution is 0.0972. The molecule has 2 aromatic heterocycles. The minimum absolute atomic E-state index is 0.139. The highest BCUT2D eigenvalue weighted by Crippen LogP contribution is 2.32. The Morgan fingerprint density at radius 3 is 2.55 bits per heavy atom. The number of nitrogens with zero attached hydrogens (tertiary/aromatic N) is 4. The quantitative estimate of drug-likeness (QED) is 0.394. The number of rotatable bonds is 4. The van der Waals surface area contributed by atoms with E-state index in [2.05, 4.69) is 10.4 Å². The molecule has 31 heavy (non-hydrogen) atoms. The van der Waals surface area contributed by atoms with E-state index in [1.807, 2.05) is 12.1 Å². The SMILES string of the molecule is Cn1cc(-c2cnn(-c3ccccc3C(=O)NC#N)c2)c(-c2ccc(Cl)cc2)cc1=O. The molecular formula is C23H16ClN5O2. The van der Waals surface area contributed by atoms with Crippen molar-refractivity contribution in [1.82, 2.24) is 19.7 Å². The van der Waals surface area contributed by atoms with Crippen LogP contribution in [0.1, 0.15) is 10.4 Å². The van der Waals surface area contributed by atoms with Gasteiger partial charge in [0.15, 0.2) is 6.19 Å². The summed E-state index contributed by atoms with van der Waals surface area (Å²) in [5, 5.41) is 15.9. The van der Waals surface area contributed by atoms with Crippen LogP contribution in [0.4, 0.5) is 0 Å². The number of halogens is 1. The van der Waals surface area contributed by atoms with Crippen LogP contribution in [0.3, 0.4) is 0 Å². The number of benzene rings is 2. The van der Waals surface area contributed by atoms with E-state index in [-0.39, 0.29) is 5.56 Å². The summed E-state index contributed by atoms with van der Waals surface area (Å²) in [6.45, 7) is 0. The Labute approximate surface area is 182 Å². The summed E-state index contributed by atoms with van der Waals surface area (Å²) in [5.74, 6) is -0.515. The van der Waals surface area contributed by atoms with Gasteiger partial charge < -0.3 is 4.57 Å². The van der Waals surface area contributed by atoms with Gasteiger partial charge in [0.05, 0.1) is 17.4 Å². The number of nitrogens with one attached hydrogen (secondary N) is 1. The van der Waals surface area contributed by atoms with Crippen LogP contribution < -0.4 is 10.9 Å². The smallest absolute Gasteiger partial charge is 0.266 e. The Morgan fingerprint density at radius 2 is 1.81 bits per heavy atom. The molecule has 0 fully saturated rings. The molecule has 0 bridgehead atoms. The standard InChI is InChI=1S/C23H16ClN5O2/c1-28-13-20(19(10-22(28)30)15-6-8-17(24)9-7-15)16-11-27-29(12-16)21-5-3-2-4-18(21)23(31)26-14-25/h2-13H,1H3,(H,26,31). The highest BCUT2D eigenvalue weighted by molar-refractivity contribution is 6.30. The first-order chi connectivity index (χ1) is 15.0. The molecule has 0 aliphatic heterocycles. The van der Waals surface area contributed by atoms with Crippen LogP contribution in [0.2, 0.25) is 5.02 Å². The first-order valence-corrected chi connectivity index (χ1v) is 9.66. The molecule has 8 heteroatoms. The van der Waals surface area contributed by atoms with Crippen LogP contribution in [-0.4, -0.2) is 20.3 Å². The van der Waals surface area contributed by atoms with Crippen molar-refractivity contribution in [3.05, 3.63) is 94.1 Å². The van der Waals surface area contributed by atoms with Gasteiger partial charge in [-0.2, -0.15) is 10.4 Å². The van der Waals surface area contributed by atoms with Gasteiger partial charge in [0.2, 0.25) is 0 Å². The van der Waals surface area contributed by atoms with Crippen molar-refractivity contribution in [2.45, 2.75) is 0 Å². The average molecular weight is 430 g/mol. The molecular weight excluding hydrogens is 414 g/mol. The Bertz CT molecular complexity index is 1380. The third kappa shape index (κ3) is 3.97. The lowest BCUT2D eigenvalue weighted by Crippen LogP contribution is -2.19. The van der Waals surface area contributed by atoms with Crippen molar-refractivity contribution >= 4 is 17.5 Å². The molecule has 0 saturated heterocycles. The van der Waals surface area contributed by atoms with Crippen molar-refractivity contribution in [2.75, 3.05) is 0 Å². The molecule has 7 nitrogen and oxygen atoms in total. The number of nitriles is 1. The first-order valence-electron chi connectivity index (χ1n) is 9.28. The van der Waals surface area contributed by atoms with Crippen molar-refractivity contribution in [2.24, 2.45) is 7.05 Å². The monoisotopic (exact) mass is 429 g/mol. The molecule has 0 aliphatic carbocycles. The molecule has 1 amide bonds. The molecule has 2 aromatic carbocycles. The van der Waals surface area contributed by atoms with E-state index in [0.29, 0.717) is 16.3 Å². The van der Waals surface area contributed by atoms with E-state index >= 15 is 0 Å². The number of carbonyl (C=O) groups is 1. The summed E-state index contributed by atoms with van der Waals surface area (Å²) in [5.41, 5.74) is 3.86. The number of amides is 1. The third-order valence-electron chi connectivity index (χ3n) is 4.84. The summed E-state index contributed by atoms with van der Waals surface area (Å²) in [7, 11) is 1.68. The predicted molar refractivity (Wildman–Crippen MR) is 118 cm³/mol. The van der Waals surface area contributed by atoms with E-state index in [1.54, 1.807) is 79.0 Å². The van der Waals surface area contributed by atoms with Crippen LogP contribution in [0.5, 0.6) is 0 Å². The Morgan fingerprint density at radius 1 is 1.06 bits per heavy atom. The Balaban J connectivity index is 1.84. The molecule has 4 aromatic rings. The number of para-hydroxylation sites is 1. The van der Waals surface area contributed by atoms with Crippen molar-refractivity contribution in [1.29, 1.82) is 5.26 Å². The number of aromatic nitrogens is 3. The number of aryl methyl sites for hydroxylation is 1. The Hall–Kier alpha value is -4.15. The van der Waals surface area contributed by atoms with Crippen LogP contribution in [0.25, 0.3) is 27.9 Å². The zero-order valence-corrected chi connectivity index (χ0v) is 17.2. The van der Waals surface area contributed by atoms with Crippen LogP contribution >= 0.6 is 11.6 Å². The molecule has 0 saturated carbocycles. The maximum Gasteiger partial charge on any atom is 0.266 e. The summed E-state index contributed by atoms with van der Waals surface area (Å²) in [4.78, 5) is 24.6. The second-order valence-corrected chi connectivity index (χ2v) is 7.25. The maximum atomic E-state index is 12.3. The van der Waals surface area contributed by atoms with E-state index < -0.39 is 5.91 Å². The van der Waals surface area contributed by atoms with Crippen molar-refractivity contribution in [3.8, 4) is 34.1 Å². The summed E-state index contributed by atoms with van der Waals surface area (Å²) >= 11 is 6.01. The molecule has 0 spiro atoms. The van der Waals surface area contributed by atoms with Crippen LogP contribution in [-0.2, 0) is 7.05 Å². The normalized spacial score (nSPS) is 10.5. The van der Waals surface area contributed by atoms with Gasteiger partial charge in [-0.25, -0.2) is 4.68 Å². The van der Waals surface area contributed by atoms with E-state index in [1.165, 1.54) is 4.57 Å². The van der Waals surface area contributed by atoms with Gasteiger partial charge in [0, 0.05) is 41.7 Å². The largest absolute Gasteiger partial charge is 0.318 e. The fraction of sp³-hybridized carbons (Fsp3) is 0.0435. The summed E-state index contributed by atoms with van der Waals surface area (Å²) < 4.78 is 3.07. The van der Waals surface area contributed by atoms with Gasteiger partial charge in [-0.1, -0.05) is 35.9 Å². The number of hydrogen-bond donors (Lipinski definition) is 1. The molecule has 1 N–H and O–H groups in total. The molecule has 0 atom stereocenters. The molecule has 0 unspecified atom stereocenters. The lowest BCUT2D eigenvalue weighted by atomic mass is 9.98. The highest BCUT2D eigenvalue weighted by atomic mass is 35.5. The Kier molecular flexibility index (Phi) is 5.39. The highest BCUT2D eigenvalue weighted by Gasteiger charge is 2.16. The zero-order chi connectivity index (χ0) is 22.0. The van der Waals surface area contributed by atoms with Crippen LogP contribution in [0.15, 0.2) is 78.0 Å². The summed E-state index contributed by atoms with van der Waals surface area (Å²) in [6.07, 6.45) is 6.84. The molecule has 0 aliphatic rings. The zero-order valence-electron chi connectivity index (χ0n) is 16.4. The minimum atomic E-state index is -0.515. The molecule has 4 rings (SSSR count). The number of carbonyl (C=O) groups excluding carboxylic acids is 1. The second-order valence-electron chi connectivity index (χ2n) is 6.81. The van der Waals surface area contributed by atoms with Gasteiger partial charge in [-0.15, -0.1) is 0 Å². The maximum absolute atomic E-state index is 12.3. The topological polar surface area (TPSA) is 92.7 Å². The molecule has 2 heterocycles. The minimum Gasteiger partial charge on any atom is -0.318 e. The van der Waals surface area contributed by atoms with Crippen molar-refractivity contribution in [3.63, 3.8) is 0 Å². The van der Waals surface area contributed by atoms with E-state index in [9.17, 15) is 9.59 Å². The van der Waals surface area contributed by atoms with Gasteiger partial charge in [0.1, 0.15) is 0 Å². The fourth-order valence-corrected chi connectivity index (χ4v) is 3.43.